The number of aromatic amines is 1. The number of thiophene rings is 1. The summed E-state index contributed by atoms with van der Waals surface area (Å²) in [5.41, 5.74) is 0.932. The van der Waals surface area contributed by atoms with Gasteiger partial charge in [0.2, 0.25) is 5.91 Å². The van der Waals surface area contributed by atoms with E-state index in [4.69, 9.17) is 0 Å². The van der Waals surface area contributed by atoms with Gasteiger partial charge >= 0.3 is 0 Å². The molecule has 0 radical (unpaired) electrons. The topological polar surface area (TPSA) is 66.1 Å². The van der Waals surface area contributed by atoms with Crippen LogP contribution in [0.15, 0.2) is 4.79 Å². The average molecular weight is 351 g/mol. The Morgan fingerprint density at radius 3 is 2.78 bits per heavy atom. The molecule has 3 rings (SSSR count). The van der Waals surface area contributed by atoms with Crippen LogP contribution in [0.2, 0.25) is 0 Å². The van der Waals surface area contributed by atoms with Gasteiger partial charge in [-0.05, 0) is 39.2 Å². The molecule has 7 heteroatoms. The van der Waals surface area contributed by atoms with Gasteiger partial charge in [-0.3, -0.25) is 9.59 Å². The monoisotopic (exact) mass is 351 g/mol. The first-order valence-electron chi connectivity index (χ1n) is 7.86. The number of carbonyl (C=O) groups excluding carboxylic acids is 1. The summed E-state index contributed by atoms with van der Waals surface area (Å²) < 4.78 is 0. The van der Waals surface area contributed by atoms with Crippen LogP contribution in [0.25, 0.3) is 10.2 Å². The van der Waals surface area contributed by atoms with Crippen molar-refractivity contribution in [3.63, 3.8) is 0 Å². The second-order valence-electron chi connectivity index (χ2n) is 5.96. The molecule has 2 aromatic heterocycles. The van der Waals surface area contributed by atoms with Crippen LogP contribution >= 0.6 is 23.1 Å². The normalized spacial score (nSPS) is 16.2. The van der Waals surface area contributed by atoms with E-state index in [1.807, 2.05) is 25.7 Å². The van der Waals surface area contributed by atoms with E-state index in [0.29, 0.717) is 17.0 Å². The average Bonchev–Trinajstić information content (AvgIpc) is 3.13. The Bertz CT molecular complexity index is 790. The van der Waals surface area contributed by atoms with Gasteiger partial charge in [0.1, 0.15) is 10.7 Å². The third kappa shape index (κ3) is 3.30. The number of nitrogens with zero attached hydrogens (tertiary/aromatic N) is 2. The molecule has 1 amide bonds. The maximum atomic E-state index is 12.3. The molecule has 1 N–H and O–H groups in total. The fraction of sp³-hybridized carbons (Fsp3) is 0.562. The number of amides is 1. The van der Waals surface area contributed by atoms with E-state index in [2.05, 4.69) is 9.97 Å². The Labute approximate surface area is 143 Å². The van der Waals surface area contributed by atoms with Gasteiger partial charge in [0.25, 0.3) is 5.56 Å². The molecule has 23 heavy (non-hydrogen) atoms. The molecule has 0 aromatic carbocycles. The number of likely N-dealkylation sites (tertiary alicyclic amines) is 1. The predicted octanol–water partition coefficient (Wildman–Crippen LogP) is 2.85. The quantitative estimate of drug-likeness (QED) is 0.920. The molecule has 1 aliphatic heterocycles. The molecule has 1 atom stereocenters. The van der Waals surface area contributed by atoms with Crippen LogP contribution in [-0.2, 0) is 10.5 Å². The summed E-state index contributed by atoms with van der Waals surface area (Å²) in [4.78, 5) is 35.8. The van der Waals surface area contributed by atoms with Gasteiger partial charge in [-0.15, -0.1) is 23.1 Å². The minimum atomic E-state index is -0.110. The van der Waals surface area contributed by atoms with Gasteiger partial charge in [-0.25, -0.2) is 4.98 Å². The molecule has 0 spiro atoms. The highest BCUT2D eigenvalue weighted by molar-refractivity contribution is 7.99. The van der Waals surface area contributed by atoms with Gasteiger partial charge in [0, 0.05) is 18.0 Å². The number of hydrogen-bond acceptors (Lipinski definition) is 5. The summed E-state index contributed by atoms with van der Waals surface area (Å²) in [5, 5.41) is 0.586. The maximum absolute atomic E-state index is 12.3. The number of rotatable bonds is 4. The zero-order chi connectivity index (χ0) is 16.6. The van der Waals surface area contributed by atoms with Crippen molar-refractivity contribution >= 4 is 39.2 Å². The summed E-state index contributed by atoms with van der Waals surface area (Å²) in [6, 6.07) is 0. The van der Waals surface area contributed by atoms with Gasteiger partial charge in [-0.2, -0.15) is 0 Å². The van der Waals surface area contributed by atoms with Crippen molar-refractivity contribution in [2.75, 3.05) is 13.1 Å². The van der Waals surface area contributed by atoms with Gasteiger partial charge in [0.05, 0.1) is 16.4 Å². The number of hydrogen-bond donors (Lipinski definition) is 1. The molecule has 1 saturated heterocycles. The van der Waals surface area contributed by atoms with Gasteiger partial charge < -0.3 is 9.88 Å². The first kappa shape index (κ1) is 16.5. The summed E-state index contributed by atoms with van der Waals surface area (Å²) in [5.74, 6) is 1.38. The summed E-state index contributed by atoms with van der Waals surface area (Å²) in [6.45, 7) is 7.64. The van der Waals surface area contributed by atoms with Gasteiger partial charge in [-0.1, -0.05) is 0 Å². The van der Waals surface area contributed by atoms with Crippen molar-refractivity contribution in [2.24, 2.45) is 0 Å². The minimum Gasteiger partial charge on any atom is -0.342 e. The second kappa shape index (κ2) is 6.65. The molecule has 1 fully saturated rings. The van der Waals surface area contributed by atoms with Crippen molar-refractivity contribution in [1.29, 1.82) is 0 Å². The molecule has 1 aliphatic rings. The standard InChI is InChI=1S/C16H21N3O2S2/c1-9-10(2)23-15-13(9)14(20)17-12(18-15)8-22-11(3)16(21)19-6-4-5-7-19/h11H,4-8H2,1-3H3,(H,17,18,20)/t11-/m1/s1. The lowest BCUT2D eigenvalue weighted by Gasteiger charge is -2.19. The highest BCUT2D eigenvalue weighted by Crippen LogP contribution is 2.27. The largest absolute Gasteiger partial charge is 0.342 e. The number of H-pyrrole nitrogens is 1. The fourth-order valence-corrected chi connectivity index (χ4v) is 4.72. The van der Waals surface area contributed by atoms with E-state index < -0.39 is 0 Å². The van der Waals surface area contributed by atoms with Crippen LogP contribution in [0, 0.1) is 13.8 Å². The molecule has 5 nitrogen and oxygen atoms in total. The van der Waals surface area contributed by atoms with E-state index in [1.54, 1.807) is 11.3 Å². The molecular weight excluding hydrogens is 330 g/mol. The lowest BCUT2D eigenvalue weighted by Crippen LogP contribution is -2.34. The molecule has 2 aromatic rings. The van der Waals surface area contributed by atoms with Crippen molar-refractivity contribution in [1.82, 2.24) is 14.9 Å². The highest BCUT2D eigenvalue weighted by Gasteiger charge is 2.23. The highest BCUT2D eigenvalue weighted by atomic mass is 32.2. The lowest BCUT2D eigenvalue weighted by atomic mass is 10.2. The van der Waals surface area contributed by atoms with Gasteiger partial charge in [0.15, 0.2) is 0 Å². The van der Waals surface area contributed by atoms with Crippen LogP contribution in [-0.4, -0.2) is 39.1 Å². The Balaban J connectivity index is 1.72. The molecular formula is C16H21N3O2S2. The number of aromatic nitrogens is 2. The first-order valence-corrected chi connectivity index (χ1v) is 9.73. The van der Waals surface area contributed by atoms with Crippen LogP contribution in [0.1, 0.15) is 36.0 Å². The third-order valence-electron chi connectivity index (χ3n) is 4.32. The Morgan fingerprint density at radius 2 is 2.09 bits per heavy atom. The van der Waals surface area contributed by atoms with E-state index >= 15 is 0 Å². The van der Waals surface area contributed by atoms with Crippen molar-refractivity contribution in [2.45, 2.75) is 44.6 Å². The van der Waals surface area contributed by atoms with Crippen molar-refractivity contribution in [3.05, 3.63) is 26.6 Å². The predicted molar refractivity (Wildman–Crippen MR) is 96.3 cm³/mol. The minimum absolute atomic E-state index is 0.0778. The zero-order valence-corrected chi connectivity index (χ0v) is 15.3. The van der Waals surface area contributed by atoms with Crippen molar-refractivity contribution < 1.29 is 4.79 Å². The van der Waals surface area contributed by atoms with Crippen LogP contribution < -0.4 is 5.56 Å². The summed E-state index contributed by atoms with van der Waals surface area (Å²) >= 11 is 3.09. The van der Waals surface area contributed by atoms with Crippen LogP contribution in [0.5, 0.6) is 0 Å². The zero-order valence-electron chi connectivity index (χ0n) is 13.6. The fourth-order valence-electron chi connectivity index (χ4n) is 2.84. The second-order valence-corrected chi connectivity index (χ2v) is 8.49. The number of thioether (sulfide) groups is 1. The first-order chi connectivity index (χ1) is 11.0. The Kier molecular flexibility index (Phi) is 4.77. The van der Waals surface area contributed by atoms with E-state index in [9.17, 15) is 9.59 Å². The van der Waals surface area contributed by atoms with Crippen LogP contribution in [0.4, 0.5) is 0 Å². The molecule has 3 heterocycles. The summed E-state index contributed by atoms with van der Waals surface area (Å²) in [7, 11) is 0. The van der Waals surface area contributed by atoms with E-state index in [-0.39, 0.29) is 16.7 Å². The van der Waals surface area contributed by atoms with Crippen LogP contribution in [0.3, 0.4) is 0 Å². The molecule has 0 saturated carbocycles. The van der Waals surface area contributed by atoms with Crippen molar-refractivity contribution in [3.8, 4) is 0 Å². The number of nitrogens with one attached hydrogen (secondary N) is 1. The lowest BCUT2D eigenvalue weighted by molar-refractivity contribution is -0.129. The molecule has 0 unspecified atom stereocenters. The smallest absolute Gasteiger partial charge is 0.259 e. The third-order valence-corrected chi connectivity index (χ3v) is 6.57. The SMILES string of the molecule is Cc1sc2nc(CS[C@H](C)C(=O)N3CCCC3)[nH]c(=O)c2c1C. The molecule has 124 valence electrons. The molecule has 0 bridgehead atoms. The summed E-state index contributed by atoms with van der Waals surface area (Å²) in [6.07, 6.45) is 2.21. The number of aryl methyl sites for hydroxylation is 2. The number of carbonyl (C=O) groups is 1. The van der Waals surface area contributed by atoms with E-state index in [1.165, 1.54) is 11.8 Å². The number of fused-ring (bicyclic) bond motifs is 1. The van der Waals surface area contributed by atoms with E-state index in [0.717, 1.165) is 41.2 Å². The Hall–Kier alpha value is -1.34. The molecule has 0 aliphatic carbocycles. The Morgan fingerprint density at radius 1 is 1.39 bits per heavy atom. The maximum Gasteiger partial charge on any atom is 0.259 e.